The highest BCUT2D eigenvalue weighted by Gasteiger charge is 2.19. The first-order chi connectivity index (χ1) is 36.0. The minimum absolute atomic E-state index is 0.0998. The van der Waals surface area contributed by atoms with E-state index >= 15 is 0 Å². The van der Waals surface area contributed by atoms with Gasteiger partial charge in [-0.05, 0) is 122 Å². The van der Waals surface area contributed by atoms with E-state index in [-0.39, 0.29) is 32.0 Å². The summed E-state index contributed by atoms with van der Waals surface area (Å²) in [5, 5.41) is 0. The van der Waals surface area contributed by atoms with E-state index in [0.717, 1.165) is 109 Å². The molecular formula is C67H102O6. The van der Waals surface area contributed by atoms with Crippen LogP contribution in [0.4, 0.5) is 0 Å². The molecule has 0 aliphatic heterocycles. The SMILES string of the molecule is CC/C=C\C/C=C\C/C=C\C/C=C\C/C=C\C/C=C\CCC(=O)OC(COC(=O)C/C=C\C/C=C\C/C=C\C/C=C\C/C=C\CC)COC(=O)CCCCCCCC/C=C\C/C=C\C/C=C\CCCCCCC. The van der Waals surface area contributed by atoms with Crippen molar-refractivity contribution < 1.29 is 28.6 Å². The number of allylic oxidation sites excluding steroid dienone is 27. The second-order valence-corrected chi connectivity index (χ2v) is 18.1. The van der Waals surface area contributed by atoms with Crippen molar-refractivity contribution in [2.45, 2.75) is 219 Å². The lowest BCUT2D eigenvalue weighted by atomic mass is 10.1. The molecule has 0 aromatic rings. The maximum absolute atomic E-state index is 12.8. The van der Waals surface area contributed by atoms with Crippen LogP contribution in [-0.2, 0) is 28.6 Å². The zero-order chi connectivity index (χ0) is 52.9. The van der Waals surface area contributed by atoms with Gasteiger partial charge in [0.05, 0.1) is 6.42 Å². The summed E-state index contributed by atoms with van der Waals surface area (Å²) in [7, 11) is 0. The lowest BCUT2D eigenvalue weighted by molar-refractivity contribution is -0.166. The smallest absolute Gasteiger partial charge is 0.309 e. The van der Waals surface area contributed by atoms with Crippen molar-refractivity contribution in [2.75, 3.05) is 13.2 Å². The number of hydrogen-bond acceptors (Lipinski definition) is 6. The summed E-state index contributed by atoms with van der Waals surface area (Å²) in [4.78, 5) is 38.1. The van der Waals surface area contributed by atoms with E-state index in [9.17, 15) is 14.4 Å². The van der Waals surface area contributed by atoms with Crippen molar-refractivity contribution >= 4 is 17.9 Å². The van der Waals surface area contributed by atoms with E-state index in [2.05, 4.69) is 167 Å². The van der Waals surface area contributed by atoms with Crippen molar-refractivity contribution in [3.63, 3.8) is 0 Å². The van der Waals surface area contributed by atoms with E-state index in [1.807, 2.05) is 18.2 Å². The molecule has 6 nitrogen and oxygen atoms in total. The number of rotatable bonds is 49. The van der Waals surface area contributed by atoms with E-state index in [4.69, 9.17) is 14.2 Å². The van der Waals surface area contributed by atoms with Crippen molar-refractivity contribution in [2.24, 2.45) is 0 Å². The predicted molar refractivity (Wildman–Crippen MR) is 315 cm³/mol. The van der Waals surface area contributed by atoms with Crippen LogP contribution in [0.25, 0.3) is 0 Å². The second kappa shape index (κ2) is 59.3. The fraction of sp³-hybridized carbons (Fsp3) is 0.537. The average Bonchev–Trinajstić information content (AvgIpc) is 3.39. The summed E-state index contributed by atoms with van der Waals surface area (Å²) in [6.45, 7) is 6.22. The van der Waals surface area contributed by atoms with E-state index in [0.29, 0.717) is 19.3 Å². The second-order valence-electron chi connectivity index (χ2n) is 18.1. The molecule has 0 amide bonds. The third-order valence-electron chi connectivity index (χ3n) is 11.2. The highest BCUT2D eigenvalue weighted by atomic mass is 16.6. The van der Waals surface area contributed by atoms with Gasteiger partial charge in [-0.2, -0.15) is 0 Å². The average molecular weight is 1000 g/mol. The van der Waals surface area contributed by atoms with Crippen LogP contribution >= 0.6 is 0 Å². The summed E-state index contributed by atoms with van der Waals surface area (Å²) in [6.07, 6.45) is 88.1. The molecule has 0 heterocycles. The van der Waals surface area contributed by atoms with Gasteiger partial charge in [0.15, 0.2) is 6.10 Å². The van der Waals surface area contributed by atoms with Crippen molar-refractivity contribution in [3.8, 4) is 0 Å². The summed E-state index contributed by atoms with van der Waals surface area (Å²) in [5.41, 5.74) is 0. The molecule has 1 unspecified atom stereocenters. The standard InChI is InChI=1S/C67H102O6/c1-4-7-10-13-16-19-22-25-28-30-32-33-35-36-39-42-45-48-51-54-57-60-66(69)72-63-64(62-71-65(68)59-56-53-50-47-44-41-38-27-24-21-18-15-12-9-6-3)73-67(70)61-58-55-52-49-46-43-40-37-34-31-29-26-23-20-17-14-11-8-5-2/h8-9,11-12,17-18,20-22,25-27,29-30,32,34-38,43-44,46-47,52-53,55-56,64H,4-7,10,13-16,19,23-24,28,31,33,39-42,45,48-51,54,57-63H2,1-3H3/b11-8-,12-9-,20-17-,21-18-,25-22-,29-26-,32-30-,36-35-,37-34-,38-27-,46-43-,47-44-,55-52-,56-53-. The molecular weight excluding hydrogens is 901 g/mol. The lowest BCUT2D eigenvalue weighted by Gasteiger charge is -2.18. The molecule has 73 heavy (non-hydrogen) atoms. The van der Waals surface area contributed by atoms with E-state index < -0.39 is 18.0 Å². The molecule has 0 N–H and O–H groups in total. The number of hydrogen-bond donors (Lipinski definition) is 0. The molecule has 0 rings (SSSR count). The molecule has 0 fully saturated rings. The zero-order valence-corrected chi connectivity index (χ0v) is 46.3. The third kappa shape index (κ3) is 57.5. The van der Waals surface area contributed by atoms with Crippen molar-refractivity contribution in [1.29, 1.82) is 0 Å². The van der Waals surface area contributed by atoms with Crippen LogP contribution in [0.2, 0.25) is 0 Å². The Labute approximate surface area is 447 Å². The van der Waals surface area contributed by atoms with Gasteiger partial charge in [-0.25, -0.2) is 0 Å². The van der Waals surface area contributed by atoms with Crippen LogP contribution in [0, 0.1) is 0 Å². The Morgan fingerprint density at radius 1 is 0.301 bits per heavy atom. The van der Waals surface area contributed by atoms with Gasteiger partial charge in [-0.1, -0.05) is 242 Å². The number of ether oxygens (including phenoxy) is 3. The molecule has 0 saturated heterocycles. The molecule has 0 aromatic heterocycles. The topological polar surface area (TPSA) is 78.9 Å². The fourth-order valence-corrected chi connectivity index (χ4v) is 7.02. The number of carbonyl (C=O) groups is 3. The summed E-state index contributed by atoms with van der Waals surface area (Å²) in [6, 6.07) is 0. The highest BCUT2D eigenvalue weighted by molar-refractivity contribution is 5.72. The Balaban J connectivity index is 4.65. The Morgan fingerprint density at radius 3 is 1.01 bits per heavy atom. The molecule has 0 aliphatic rings. The Bertz CT molecular complexity index is 1720. The lowest BCUT2D eigenvalue weighted by Crippen LogP contribution is -2.30. The van der Waals surface area contributed by atoms with Crippen LogP contribution in [0.15, 0.2) is 170 Å². The Morgan fingerprint density at radius 2 is 0.616 bits per heavy atom. The minimum atomic E-state index is -0.874. The molecule has 0 aliphatic carbocycles. The third-order valence-corrected chi connectivity index (χ3v) is 11.2. The molecule has 0 radical (unpaired) electrons. The van der Waals surface area contributed by atoms with E-state index in [1.165, 1.54) is 51.4 Å². The summed E-state index contributed by atoms with van der Waals surface area (Å²) >= 11 is 0. The molecule has 6 heteroatoms. The Hall–Kier alpha value is -5.23. The van der Waals surface area contributed by atoms with Gasteiger partial charge in [0.2, 0.25) is 0 Å². The van der Waals surface area contributed by atoms with Gasteiger partial charge in [0, 0.05) is 12.8 Å². The van der Waals surface area contributed by atoms with Gasteiger partial charge >= 0.3 is 17.9 Å². The molecule has 0 spiro atoms. The monoisotopic (exact) mass is 1000 g/mol. The first-order valence-electron chi connectivity index (χ1n) is 28.6. The summed E-state index contributed by atoms with van der Waals surface area (Å²) in [5.74, 6) is -1.20. The van der Waals surface area contributed by atoms with Crippen LogP contribution in [0.5, 0.6) is 0 Å². The van der Waals surface area contributed by atoms with E-state index in [1.54, 1.807) is 6.08 Å². The maximum Gasteiger partial charge on any atom is 0.309 e. The quantitative estimate of drug-likeness (QED) is 0.0261. The van der Waals surface area contributed by atoms with Crippen LogP contribution in [0.1, 0.15) is 213 Å². The predicted octanol–water partition coefficient (Wildman–Crippen LogP) is 19.5. The van der Waals surface area contributed by atoms with Gasteiger partial charge < -0.3 is 14.2 Å². The van der Waals surface area contributed by atoms with Gasteiger partial charge in [-0.3, -0.25) is 14.4 Å². The van der Waals surface area contributed by atoms with Crippen LogP contribution in [0.3, 0.4) is 0 Å². The molecule has 0 bridgehead atoms. The first-order valence-corrected chi connectivity index (χ1v) is 28.6. The van der Waals surface area contributed by atoms with Gasteiger partial charge in [0.1, 0.15) is 13.2 Å². The number of carbonyl (C=O) groups excluding carboxylic acids is 3. The largest absolute Gasteiger partial charge is 0.462 e. The van der Waals surface area contributed by atoms with Gasteiger partial charge in [0.25, 0.3) is 0 Å². The molecule has 0 saturated carbocycles. The Kier molecular flexibility index (Phi) is 55.1. The number of esters is 3. The van der Waals surface area contributed by atoms with Crippen molar-refractivity contribution in [3.05, 3.63) is 170 Å². The molecule has 406 valence electrons. The van der Waals surface area contributed by atoms with Gasteiger partial charge in [-0.15, -0.1) is 0 Å². The zero-order valence-electron chi connectivity index (χ0n) is 46.3. The normalized spacial score (nSPS) is 13.4. The highest BCUT2D eigenvalue weighted by Crippen LogP contribution is 2.11. The first kappa shape index (κ1) is 67.8. The number of unbranched alkanes of at least 4 members (excludes halogenated alkanes) is 11. The summed E-state index contributed by atoms with van der Waals surface area (Å²) < 4.78 is 16.7. The van der Waals surface area contributed by atoms with Crippen molar-refractivity contribution in [1.82, 2.24) is 0 Å². The minimum Gasteiger partial charge on any atom is -0.462 e. The molecule has 0 aromatic carbocycles. The van der Waals surface area contributed by atoms with Crippen LogP contribution in [-0.4, -0.2) is 37.2 Å². The fourth-order valence-electron chi connectivity index (χ4n) is 7.02. The van der Waals surface area contributed by atoms with Crippen LogP contribution < -0.4 is 0 Å². The maximum atomic E-state index is 12.8. The molecule has 1 atom stereocenters.